The third-order valence-electron chi connectivity index (χ3n) is 3.42. The summed E-state index contributed by atoms with van der Waals surface area (Å²) in [6.45, 7) is 2.16. The maximum Gasteiger partial charge on any atom is 0.318 e. The molecule has 0 heterocycles. The molecule has 1 atom stereocenters. The fourth-order valence-corrected chi connectivity index (χ4v) is 2.21. The lowest BCUT2D eigenvalue weighted by Crippen LogP contribution is -2.37. The molecule has 2 rings (SSSR count). The Morgan fingerprint density at radius 2 is 1.54 bits per heavy atom. The van der Waals surface area contributed by atoms with E-state index in [0.29, 0.717) is 0 Å². The van der Waals surface area contributed by atoms with Crippen molar-refractivity contribution in [3.05, 3.63) is 71.8 Å². The van der Waals surface area contributed by atoms with Gasteiger partial charge in [0.2, 0.25) is 0 Å². The summed E-state index contributed by atoms with van der Waals surface area (Å²) in [4.78, 5) is 29.6. The third kappa shape index (κ3) is 5.52. The lowest BCUT2D eigenvalue weighted by molar-refractivity contribution is -0.156. The molecule has 0 unspecified atom stereocenters. The minimum absolute atomic E-state index is 0.224. The molecule has 2 aromatic rings. The van der Waals surface area contributed by atoms with Gasteiger partial charge in [-0.1, -0.05) is 60.7 Å². The monoisotopic (exact) mass is 327 g/mol. The van der Waals surface area contributed by atoms with E-state index in [0.717, 1.165) is 11.1 Å². The van der Waals surface area contributed by atoms with Crippen molar-refractivity contribution in [2.75, 3.05) is 6.61 Å². The van der Waals surface area contributed by atoms with E-state index in [1.807, 2.05) is 60.7 Å². The molecule has 0 aromatic heterocycles. The van der Waals surface area contributed by atoms with Crippen LogP contribution in [-0.2, 0) is 32.2 Å². The first-order chi connectivity index (χ1) is 11.7. The molecular weight excluding hydrogens is 306 g/mol. The molecule has 0 spiro atoms. The van der Waals surface area contributed by atoms with Crippen LogP contribution in [-0.4, -0.2) is 18.5 Å². The molecule has 24 heavy (non-hydrogen) atoms. The second kappa shape index (κ2) is 9.47. The summed E-state index contributed by atoms with van der Waals surface area (Å²) in [6, 6.07) is 18.8. The van der Waals surface area contributed by atoms with Crippen molar-refractivity contribution in [1.29, 1.82) is 0 Å². The van der Waals surface area contributed by atoms with E-state index in [4.69, 9.17) is 9.57 Å². The van der Waals surface area contributed by atoms with Crippen molar-refractivity contribution in [1.82, 2.24) is 5.48 Å². The number of ether oxygens (including phenoxy) is 1. The Bertz CT molecular complexity index is 643. The van der Waals surface area contributed by atoms with Gasteiger partial charge in [-0.3, -0.25) is 14.4 Å². The second-order valence-electron chi connectivity index (χ2n) is 5.23. The molecule has 0 bridgehead atoms. The molecule has 126 valence electrons. The lowest BCUT2D eigenvalue weighted by atomic mass is 9.99. The van der Waals surface area contributed by atoms with Gasteiger partial charge in [-0.2, -0.15) is 0 Å². The molecular formula is C19H21NO4. The van der Waals surface area contributed by atoms with Crippen LogP contribution in [0, 0.1) is 5.92 Å². The number of hydroxylamine groups is 1. The molecule has 0 aliphatic rings. The predicted octanol–water partition coefficient (Wildman–Crippen LogP) is 2.66. The number of esters is 1. The van der Waals surface area contributed by atoms with Crippen LogP contribution in [0.3, 0.4) is 0 Å². The van der Waals surface area contributed by atoms with Gasteiger partial charge in [-0.05, 0) is 24.5 Å². The quantitative estimate of drug-likeness (QED) is 0.460. The van der Waals surface area contributed by atoms with Crippen molar-refractivity contribution in [3.63, 3.8) is 0 Å². The maximum atomic E-state index is 12.3. The van der Waals surface area contributed by atoms with E-state index < -0.39 is 17.8 Å². The first kappa shape index (κ1) is 17.7. The van der Waals surface area contributed by atoms with Gasteiger partial charge >= 0.3 is 5.97 Å². The van der Waals surface area contributed by atoms with Gasteiger partial charge in [-0.25, -0.2) is 5.48 Å². The molecule has 0 aliphatic carbocycles. The highest BCUT2D eigenvalue weighted by atomic mass is 16.7. The van der Waals surface area contributed by atoms with Gasteiger partial charge in [0, 0.05) is 0 Å². The number of carbonyl (C=O) groups is 2. The van der Waals surface area contributed by atoms with Crippen LogP contribution < -0.4 is 5.48 Å². The van der Waals surface area contributed by atoms with Gasteiger partial charge in [0.25, 0.3) is 5.91 Å². The summed E-state index contributed by atoms with van der Waals surface area (Å²) in [5, 5.41) is 0. The van der Waals surface area contributed by atoms with Crippen LogP contribution in [0.5, 0.6) is 0 Å². The van der Waals surface area contributed by atoms with E-state index >= 15 is 0 Å². The zero-order chi connectivity index (χ0) is 17.2. The molecule has 0 saturated heterocycles. The summed E-state index contributed by atoms with van der Waals surface area (Å²) in [5.41, 5.74) is 4.16. The van der Waals surface area contributed by atoms with Gasteiger partial charge in [-0.15, -0.1) is 0 Å². The highest BCUT2D eigenvalue weighted by molar-refractivity contribution is 5.97. The van der Waals surface area contributed by atoms with Crippen molar-refractivity contribution in [2.24, 2.45) is 5.92 Å². The molecule has 0 aliphatic heterocycles. The van der Waals surface area contributed by atoms with E-state index in [1.165, 1.54) is 0 Å². The van der Waals surface area contributed by atoms with Crippen molar-refractivity contribution < 1.29 is 19.2 Å². The van der Waals surface area contributed by atoms with Crippen molar-refractivity contribution in [3.8, 4) is 0 Å². The molecule has 0 fully saturated rings. The number of benzene rings is 2. The van der Waals surface area contributed by atoms with Crippen molar-refractivity contribution >= 4 is 11.9 Å². The second-order valence-corrected chi connectivity index (χ2v) is 5.23. The smallest absolute Gasteiger partial charge is 0.318 e. The van der Waals surface area contributed by atoms with E-state index in [9.17, 15) is 9.59 Å². The molecule has 5 nitrogen and oxygen atoms in total. The van der Waals surface area contributed by atoms with Crippen LogP contribution >= 0.6 is 0 Å². The minimum atomic E-state index is -0.942. The topological polar surface area (TPSA) is 64.6 Å². The zero-order valence-electron chi connectivity index (χ0n) is 13.6. The Morgan fingerprint density at radius 3 is 2.12 bits per heavy atom. The summed E-state index contributed by atoms with van der Waals surface area (Å²) < 4.78 is 5.01. The van der Waals surface area contributed by atoms with Crippen LogP contribution in [0.15, 0.2) is 60.7 Å². The number of carbonyl (C=O) groups excluding carboxylic acids is 2. The fourth-order valence-electron chi connectivity index (χ4n) is 2.21. The zero-order valence-corrected chi connectivity index (χ0v) is 13.6. The van der Waals surface area contributed by atoms with Gasteiger partial charge in [0.1, 0.15) is 5.92 Å². The van der Waals surface area contributed by atoms with Crippen LogP contribution in [0.4, 0.5) is 0 Å². The van der Waals surface area contributed by atoms with Gasteiger partial charge in [0.05, 0.1) is 13.2 Å². The average molecular weight is 327 g/mol. The van der Waals surface area contributed by atoms with Crippen LogP contribution in [0.25, 0.3) is 0 Å². The van der Waals surface area contributed by atoms with Crippen LogP contribution in [0.1, 0.15) is 18.1 Å². The standard InChI is InChI=1S/C19H21NO4/c1-2-23-19(22)17(13-15-9-5-3-6-10-15)18(21)20-24-14-16-11-7-4-8-12-16/h3-12,17H,2,13-14H2,1H3,(H,20,21)/t17-/m1/s1. The van der Waals surface area contributed by atoms with Gasteiger partial charge < -0.3 is 4.74 Å². The average Bonchev–Trinajstić information content (AvgIpc) is 2.61. The number of amides is 1. The normalized spacial score (nSPS) is 11.5. The maximum absolute atomic E-state index is 12.3. The Hall–Kier alpha value is -2.66. The first-order valence-electron chi connectivity index (χ1n) is 7.87. The molecule has 0 radical (unpaired) electrons. The summed E-state index contributed by atoms with van der Waals surface area (Å²) in [5.74, 6) is -2.00. The highest BCUT2D eigenvalue weighted by Gasteiger charge is 2.28. The van der Waals surface area contributed by atoms with Crippen molar-refractivity contribution in [2.45, 2.75) is 20.0 Å². The third-order valence-corrected chi connectivity index (χ3v) is 3.42. The lowest BCUT2D eigenvalue weighted by Gasteiger charge is -2.15. The predicted molar refractivity (Wildman–Crippen MR) is 89.6 cm³/mol. The van der Waals surface area contributed by atoms with E-state index in [-0.39, 0.29) is 19.6 Å². The summed E-state index contributed by atoms with van der Waals surface area (Å²) >= 11 is 0. The van der Waals surface area contributed by atoms with E-state index in [1.54, 1.807) is 6.92 Å². The van der Waals surface area contributed by atoms with Crippen LogP contribution in [0.2, 0.25) is 0 Å². The largest absolute Gasteiger partial charge is 0.465 e. The SMILES string of the molecule is CCOC(=O)[C@H](Cc1ccccc1)C(=O)NOCc1ccccc1. The molecule has 5 heteroatoms. The number of hydrogen-bond acceptors (Lipinski definition) is 4. The summed E-state index contributed by atoms with van der Waals surface area (Å²) in [7, 11) is 0. The fraction of sp³-hybridized carbons (Fsp3) is 0.263. The molecule has 1 amide bonds. The van der Waals surface area contributed by atoms with Gasteiger partial charge in [0.15, 0.2) is 0 Å². The number of hydrogen-bond donors (Lipinski definition) is 1. The Kier molecular flexibility index (Phi) is 6.98. The molecule has 2 aromatic carbocycles. The first-order valence-corrected chi connectivity index (χ1v) is 7.87. The highest BCUT2D eigenvalue weighted by Crippen LogP contribution is 2.11. The Balaban J connectivity index is 1.94. The number of nitrogens with one attached hydrogen (secondary N) is 1. The Labute approximate surface area is 141 Å². The molecule has 0 saturated carbocycles. The Morgan fingerprint density at radius 1 is 0.958 bits per heavy atom. The molecule has 1 N–H and O–H groups in total. The number of rotatable bonds is 8. The summed E-state index contributed by atoms with van der Waals surface area (Å²) in [6.07, 6.45) is 0.264. The van der Waals surface area contributed by atoms with E-state index in [2.05, 4.69) is 5.48 Å². The minimum Gasteiger partial charge on any atom is -0.465 e.